The van der Waals surface area contributed by atoms with Crippen LogP contribution >= 0.6 is 23.4 Å². The fraction of sp³-hybridized carbons (Fsp3) is 0.350. The number of amides is 1. The van der Waals surface area contributed by atoms with E-state index in [0.717, 1.165) is 16.3 Å². The third kappa shape index (κ3) is 3.94. The van der Waals surface area contributed by atoms with Gasteiger partial charge in [0.15, 0.2) is 11.5 Å². The molecule has 1 amide bonds. The van der Waals surface area contributed by atoms with Crippen molar-refractivity contribution in [1.29, 1.82) is 0 Å². The summed E-state index contributed by atoms with van der Waals surface area (Å²) in [5.41, 5.74) is 1.43. The molecular formula is C20H22ClNO3S. The fourth-order valence-corrected chi connectivity index (χ4v) is 4.03. The van der Waals surface area contributed by atoms with E-state index in [4.69, 9.17) is 21.1 Å². The molecule has 0 unspecified atom stereocenters. The molecule has 138 valence electrons. The molecule has 2 aromatic rings. The number of fused-ring (bicyclic) bond motifs is 1. The van der Waals surface area contributed by atoms with Crippen LogP contribution in [0.4, 0.5) is 5.69 Å². The number of carbonyl (C=O) groups is 1. The summed E-state index contributed by atoms with van der Waals surface area (Å²) in [6.45, 7) is 5.31. The third-order valence-electron chi connectivity index (χ3n) is 4.01. The number of halogens is 1. The molecule has 1 aliphatic rings. The van der Waals surface area contributed by atoms with Gasteiger partial charge in [0, 0.05) is 22.8 Å². The number of carbonyl (C=O) groups excluding carboxylic acids is 1. The third-order valence-corrected chi connectivity index (χ3v) is 5.33. The van der Waals surface area contributed by atoms with Crippen molar-refractivity contribution in [2.24, 2.45) is 5.92 Å². The number of methoxy groups -OCH3 is 1. The molecule has 0 atom stereocenters. The topological polar surface area (TPSA) is 38.8 Å². The highest BCUT2D eigenvalue weighted by Gasteiger charge is 2.25. The van der Waals surface area contributed by atoms with Crippen molar-refractivity contribution >= 4 is 35.0 Å². The van der Waals surface area contributed by atoms with Crippen molar-refractivity contribution in [3.63, 3.8) is 0 Å². The Labute approximate surface area is 163 Å². The molecule has 0 fully saturated rings. The molecule has 4 nitrogen and oxygen atoms in total. The normalized spacial score (nSPS) is 13.5. The Kier molecular flexibility index (Phi) is 5.99. The molecule has 1 aliphatic heterocycles. The first kappa shape index (κ1) is 18.9. The van der Waals surface area contributed by atoms with Crippen LogP contribution in [0.5, 0.6) is 11.5 Å². The zero-order valence-electron chi connectivity index (χ0n) is 15.1. The Hall–Kier alpha value is -1.85. The molecule has 0 saturated heterocycles. The summed E-state index contributed by atoms with van der Waals surface area (Å²) in [7, 11) is 1.55. The molecule has 2 aromatic carbocycles. The summed E-state index contributed by atoms with van der Waals surface area (Å²) in [5, 5.41) is 0.382. The lowest BCUT2D eigenvalue weighted by Gasteiger charge is -2.29. The van der Waals surface area contributed by atoms with E-state index in [0.29, 0.717) is 41.2 Å². The predicted molar refractivity (Wildman–Crippen MR) is 107 cm³/mol. The van der Waals surface area contributed by atoms with Gasteiger partial charge in [0.1, 0.15) is 0 Å². The molecular weight excluding hydrogens is 370 g/mol. The fourth-order valence-electron chi connectivity index (χ4n) is 2.77. The van der Waals surface area contributed by atoms with E-state index in [1.165, 1.54) is 0 Å². The standard InChI is InChI=1S/C20H22ClNO3S/c1-13(2)12-25-19-15(21)10-14(11-17(19)24-3)20(23)22-8-9-26-18-7-5-4-6-16(18)22/h4-7,10-11,13H,8-9,12H2,1-3H3. The molecule has 3 rings (SSSR count). The van der Waals surface area contributed by atoms with Gasteiger partial charge in [0.05, 0.1) is 24.4 Å². The Balaban J connectivity index is 1.92. The summed E-state index contributed by atoms with van der Waals surface area (Å²) in [4.78, 5) is 16.0. The molecule has 6 heteroatoms. The van der Waals surface area contributed by atoms with Gasteiger partial charge in [-0.25, -0.2) is 0 Å². The van der Waals surface area contributed by atoms with Gasteiger partial charge < -0.3 is 14.4 Å². The summed E-state index contributed by atoms with van der Waals surface area (Å²) in [5.74, 6) is 2.09. The average Bonchev–Trinajstić information content (AvgIpc) is 2.65. The molecule has 1 heterocycles. The van der Waals surface area contributed by atoms with Crippen LogP contribution in [0.1, 0.15) is 24.2 Å². The van der Waals surface area contributed by atoms with Gasteiger partial charge in [-0.2, -0.15) is 0 Å². The Morgan fingerprint density at radius 2 is 2.08 bits per heavy atom. The quantitative estimate of drug-likeness (QED) is 0.707. The number of rotatable bonds is 5. The van der Waals surface area contributed by atoms with Crippen LogP contribution in [0.3, 0.4) is 0 Å². The number of thioether (sulfide) groups is 1. The minimum Gasteiger partial charge on any atom is -0.493 e. The van der Waals surface area contributed by atoms with E-state index < -0.39 is 0 Å². The van der Waals surface area contributed by atoms with Crippen LogP contribution in [0, 0.1) is 5.92 Å². The highest BCUT2D eigenvalue weighted by Crippen LogP contribution is 2.39. The van der Waals surface area contributed by atoms with E-state index in [1.54, 1.807) is 35.9 Å². The van der Waals surface area contributed by atoms with E-state index >= 15 is 0 Å². The highest BCUT2D eigenvalue weighted by atomic mass is 35.5. The van der Waals surface area contributed by atoms with Crippen molar-refractivity contribution in [2.45, 2.75) is 18.7 Å². The van der Waals surface area contributed by atoms with Crippen LogP contribution < -0.4 is 14.4 Å². The van der Waals surface area contributed by atoms with Gasteiger partial charge in [0.25, 0.3) is 5.91 Å². The van der Waals surface area contributed by atoms with Gasteiger partial charge in [0.2, 0.25) is 0 Å². The maximum atomic E-state index is 13.1. The second kappa shape index (κ2) is 8.23. The monoisotopic (exact) mass is 391 g/mol. The number of nitrogens with zero attached hydrogens (tertiary/aromatic N) is 1. The van der Waals surface area contributed by atoms with Crippen molar-refractivity contribution < 1.29 is 14.3 Å². The Morgan fingerprint density at radius 1 is 1.31 bits per heavy atom. The first-order chi connectivity index (χ1) is 12.5. The minimum absolute atomic E-state index is 0.0895. The van der Waals surface area contributed by atoms with Crippen LogP contribution in [0.2, 0.25) is 5.02 Å². The van der Waals surface area contributed by atoms with Gasteiger partial charge in [-0.15, -0.1) is 11.8 Å². The summed E-state index contributed by atoms with van der Waals surface area (Å²) in [6, 6.07) is 11.3. The lowest BCUT2D eigenvalue weighted by Crippen LogP contribution is -2.35. The second-order valence-corrected chi connectivity index (χ2v) is 8.01. The van der Waals surface area contributed by atoms with Crippen LogP contribution in [-0.4, -0.2) is 31.9 Å². The SMILES string of the molecule is COc1cc(C(=O)N2CCSc3ccccc32)cc(Cl)c1OCC(C)C. The predicted octanol–water partition coefficient (Wildman–Crippen LogP) is 5.14. The molecule has 0 saturated carbocycles. The molecule has 26 heavy (non-hydrogen) atoms. The highest BCUT2D eigenvalue weighted by molar-refractivity contribution is 7.99. The molecule has 0 spiro atoms. The Morgan fingerprint density at radius 3 is 2.81 bits per heavy atom. The number of hydrogen-bond acceptors (Lipinski definition) is 4. The van der Waals surface area contributed by atoms with Crippen molar-refractivity contribution in [3.05, 3.63) is 47.0 Å². The number of para-hydroxylation sites is 1. The number of benzene rings is 2. The smallest absolute Gasteiger partial charge is 0.258 e. The van der Waals surface area contributed by atoms with Gasteiger partial charge in [-0.1, -0.05) is 37.6 Å². The van der Waals surface area contributed by atoms with Gasteiger partial charge in [-0.05, 0) is 30.2 Å². The zero-order valence-corrected chi connectivity index (χ0v) is 16.7. The first-order valence-electron chi connectivity index (χ1n) is 8.55. The zero-order chi connectivity index (χ0) is 18.7. The average molecular weight is 392 g/mol. The van der Waals surface area contributed by atoms with Gasteiger partial charge >= 0.3 is 0 Å². The molecule has 0 radical (unpaired) electrons. The van der Waals surface area contributed by atoms with Crippen molar-refractivity contribution in [2.75, 3.05) is 30.9 Å². The molecule has 0 bridgehead atoms. The van der Waals surface area contributed by atoms with Crippen LogP contribution in [0.15, 0.2) is 41.3 Å². The van der Waals surface area contributed by atoms with Crippen LogP contribution in [0.25, 0.3) is 0 Å². The second-order valence-electron chi connectivity index (χ2n) is 6.47. The van der Waals surface area contributed by atoms with E-state index in [2.05, 4.69) is 13.8 Å². The van der Waals surface area contributed by atoms with Crippen LogP contribution in [-0.2, 0) is 0 Å². The molecule has 0 aromatic heterocycles. The lowest BCUT2D eigenvalue weighted by atomic mass is 10.1. The van der Waals surface area contributed by atoms with Crippen molar-refractivity contribution in [3.8, 4) is 11.5 Å². The van der Waals surface area contributed by atoms with E-state index in [9.17, 15) is 4.79 Å². The van der Waals surface area contributed by atoms with E-state index in [1.807, 2.05) is 24.3 Å². The maximum absolute atomic E-state index is 13.1. The van der Waals surface area contributed by atoms with Gasteiger partial charge in [-0.3, -0.25) is 4.79 Å². The summed E-state index contributed by atoms with van der Waals surface area (Å²) >= 11 is 8.16. The lowest BCUT2D eigenvalue weighted by molar-refractivity contribution is 0.0987. The number of ether oxygens (including phenoxy) is 2. The first-order valence-corrected chi connectivity index (χ1v) is 9.91. The minimum atomic E-state index is -0.0895. The maximum Gasteiger partial charge on any atom is 0.258 e. The largest absolute Gasteiger partial charge is 0.493 e. The number of hydrogen-bond donors (Lipinski definition) is 0. The number of anilines is 1. The Bertz CT molecular complexity index is 810. The summed E-state index contributed by atoms with van der Waals surface area (Å²) < 4.78 is 11.2. The van der Waals surface area contributed by atoms with E-state index in [-0.39, 0.29) is 5.91 Å². The molecule has 0 aliphatic carbocycles. The van der Waals surface area contributed by atoms with Crippen molar-refractivity contribution in [1.82, 2.24) is 0 Å². The molecule has 0 N–H and O–H groups in total. The summed E-state index contributed by atoms with van der Waals surface area (Å²) in [6.07, 6.45) is 0.